The average molecular weight is 366 g/mol. The Bertz CT molecular complexity index is 631. The van der Waals surface area contributed by atoms with Crippen molar-refractivity contribution >= 4 is 12.1 Å². The molecule has 0 radical (unpaired) electrons. The summed E-state index contributed by atoms with van der Waals surface area (Å²) >= 11 is 0. The lowest BCUT2D eigenvalue weighted by molar-refractivity contribution is 0.0510. The quantitative estimate of drug-likeness (QED) is 0.738. The second-order valence-corrected chi connectivity index (χ2v) is 7.96. The van der Waals surface area contributed by atoms with E-state index < -0.39 is 17.2 Å². The normalized spacial score (nSPS) is 17.4. The molecule has 146 valence electrons. The molecule has 1 aromatic rings. The topological polar surface area (TPSA) is 110 Å². The number of amides is 3. The molecule has 1 heterocycles. The van der Waals surface area contributed by atoms with Gasteiger partial charge >= 0.3 is 12.1 Å². The van der Waals surface area contributed by atoms with Gasteiger partial charge in [-0.05, 0) is 40.5 Å². The summed E-state index contributed by atoms with van der Waals surface area (Å²) in [7, 11) is 1.83. The van der Waals surface area contributed by atoms with Gasteiger partial charge < -0.3 is 25.3 Å². The van der Waals surface area contributed by atoms with Crippen molar-refractivity contribution < 1.29 is 14.3 Å². The zero-order valence-electron chi connectivity index (χ0n) is 16.3. The maximum atomic E-state index is 12.5. The third-order valence-electron chi connectivity index (χ3n) is 4.39. The van der Waals surface area contributed by atoms with Crippen molar-refractivity contribution in [3.8, 4) is 0 Å². The first-order valence-corrected chi connectivity index (χ1v) is 9.00. The second-order valence-electron chi connectivity index (χ2n) is 7.96. The highest BCUT2D eigenvalue weighted by atomic mass is 16.6. The minimum atomic E-state index is -0.552. The highest BCUT2D eigenvalue weighted by Crippen LogP contribution is 2.29. The highest BCUT2D eigenvalue weighted by molar-refractivity contribution is 5.75. The molecule has 0 saturated heterocycles. The smallest absolute Gasteiger partial charge is 0.407 e. The van der Waals surface area contributed by atoms with E-state index in [1.807, 2.05) is 34.7 Å². The van der Waals surface area contributed by atoms with E-state index in [0.29, 0.717) is 12.4 Å². The Labute approximate surface area is 154 Å². The largest absolute Gasteiger partial charge is 0.444 e. The van der Waals surface area contributed by atoms with Crippen molar-refractivity contribution in [1.82, 2.24) is 30.7 Å². The zero-order valence-corrected chi connectivity index (χ0v) is 16.3. The third kappa shape index (κ3) is 5.60. The molecule has 3 N–H and O–H groups in total. The first-order valence-electron chi connectivity index (χ1n) is 9.00. The van der Waals surface area contributed by atoms with Crippen LogP contribution in [0.2, 0.25) is 0 Å². The standard InChI is InChI=1S/C17H30N6O3/c1-12(13-22-19-11-23(13)5)20-14(24)21-17(8-6-7-9-17)10-18-15(25)26-16(2,3)4/h11-12H,6-10H2,1-5H3,(H,18,25)(H2,20,21,24)/t12-/m0/s1. The lowest BCUT2D eigenvalue weighted by Gasteiger charge is -2.31. The Hall–Kier alpha value is -2.32. The molecular weight excluding hydrogens is 336 g/mol. The molecule has 9 heteroatoms. The summed E-state index contributed by atoms with van der Waals surface area (Å²) < 4.78 is 7.04. The van der Waals surface area contributed by atoms with Crippen molar-refractivity contribution in [2.45, 2.75) is 70.6 Å². The highest BCUT2D eigenvalue weighted by Gasteiger charge is 2.36. The third-order valence-corrected chi connectivity index (χ3v) is 4.39. The molecule has 0 aliphatic heterocycles. The zero-order chi connectivity index (χ0) is 19.4. The molecule has 1 aromatic heterocycles. The first kappa shape index (κ1) is 20.0. The van der Waals surface area contributed by atoms with Gasteiger partial charge in [-0.1, -0.05) is 12.8 Å². The summed E-state index contributed by atoms with van der Waals surface area (Å²) in [6.45, 7) is 7.64. The maximum absolute atomic E-state index is 12.5. The van der Waals surface area contributed by atoms with Gasteiger partial charge in [-0.15, -0.1) is 10.2 Å². The summed E-state index contributed by atoms with van der Waals surface area (Å²) in [6.07, 6.45) is 4.76. The van der Waals surface area contributed by atoms with Gasteiger partial charge in [0.1, 0.15) is 11.9 Å². The molecule has 1 fully saturated rings. The van der Waals surface area contributed by atoms with Gasteiger partial charge in [0.2, 0.25) is 0 Å². The molecule has 0 unspecified atom stereocenters. The number of aromatic nitrogens is 3. The van der Waals surface area contributed by atoms with Gasteiger partial charge in [-0.25, -0.2) is 9.59 Å². The molecule has 3 amide bonds. The van der Waals surface area contributed by atoms with Crippen LogP contribution in [-0.2, 0) is 11.8 Å². The maximum Gasteiger partial charge on any atom is 0.407 e. The fraction of sp³-hybridized carbons (Fsp3) is 0.765. The van der Waals surface area contributed by atoms with Crippen LogP contribution in [0.4, 0.5) is 9.59 Å². The number of nitrogens with zero attached hydrogens (tertiary/aromatic N) is 3. The SMILES string of the molecule is C[C@H](NC(=O)NC1(CNC(=O)OC(C)(C)C)CCCC1)c1nncn1C. The summed E-state index contributed by atoms with van der Waals surface area (Å²) in [6, 6.07) is -0.562. The number of nitrogens with one attached hydrogen (secondary N) is 3. The van der Waals surface area contributed by atoms with Crippen LogP contribution in [0.5, 0.6) is 0 Å². The average Bonchev–Trinajstić information content (AvgIpc) is 3.13. The summed E-state index contributed by atoms with van der Waals surface area (Å²) in [5.74, 6) is 0.674. The fourth-order valence-corrected chi connectivity index (χ4v) is 3.18. The van der Waals surface area contributed by atoms with Crippen LogP contribution in [0.1, 0.15) is 65.2 Å². The van der Waals surface area contributed by atoms with E-state index >= 15 is 0 Å². The number of aryl methyl sites for hydroxylation is 1. The van der Waals surface area contributed by atoms with Crippen LogP contribution in [0.3, 0.4) is 0 Å². The molecule has 0 bridgehead atoms. The van der Waals surface area contributed by atoms with Crippen LogP contribution in [0, 0.1) is 0 Å². The molecule has 0 aromatic carbocycles. The van der Waals surface area contributed by atoms with E-state index in [2.05, 4.69) is 26.1 Å². The van der Waals surface area contributed by atoms with Crippen molar-refractivity contribution in [2.24, 2.45) is 7.05 Å². The Balaban J connectivity index is 1.91. The number of hydrogen-bond acceptors (Lipinski definition) is 5. The van der Waals surface area contributed by atoms with Crippen LogP contribution < -0.4 is 16.0 Å². The molecule has 1 saturated carbocycles. The Kier molecular flexibility index (Phi) is 6.09. The minimum absolute atomic E-state index is 0.278. The summed E-state index contributed by atoms with van der Waals surface area (Å²) in [5.41, 5.74) is -1.01. The van der Waals surface area contributed by atoms with Crippen LogP contribution in [0.15, 0.2) is 6.33 Å². The molecule has 1 aliphatic carbocycles. The molecule has 1 atom stereocenters. The molecule has 0 spiro atoms. The number of hydrogen-bond donors (Lipinski definition) is 3. The Morgan fingerprint density at radius 3 is 2.54 bits per heavy atom. The molecular formula is C17H30N6O3. The van der Waals surface area contributed by atoms with Gasteiger partial charge in [-0.3, -0.25) is 0 Å². The number of carbonyl (C=O) groups is 2. The monoisotopic (exact) mass is 366 g/mol. The number of ether oxygens (including phenoxy) is 1. The van der Waals surface area contributed by atoms with Crippen molar-refractivity contribution in [3.63, 3.8) is 0 Å². The Morgan fingerprint density at radius 1 is 1.35 bits per heavy atom. The molecule has 1 aliphatic rings. The lowest BCUT2D eigenvalue weighted by Crippen LogP contribution is -2.57. The first-order chi connectivity index (χ1) is 12.1. The van der Waals surface area contributed by atoms with Gasteiger partial charge in [0, 0.05) is 13.6 Å². The van der Waals surface area contributed by atoms with E-state index in [1.54, 1.807) is 10.9 Å². The van der Waals surface area contributed by atoms with Gasteiger partial charge in [0.25, 0.3) is 0 Å². The van der Waals surface area contributed by atoms with Gasteiger partial charge in [-0.2, -0.15) is 0 Å². The Morgan fingerprint density at radius 2 is 2.00 bits per heavy atom. The number of alkyl carbamates (subject to hydrolysis) is 1. The number of rotatable bonds is 5. The van der Waals surface area contributed by atoms with Crippen LogP contribution >= 0.6 is 0 Å². The van der Waals surface area contributed by atoms with E-state index in [-0.39, 0.29) is 12.1 Å². The summed E-state index contributed by atoms with van der Waals surface area (Å²) in [4.78, 5) is 24.4. The minimum Gasteiger partial charge on any atom is -0.444 e. The van der Waals surface area contributed by atoms with E-state index in [9.17, 15) is 9.59 Å². The van der Waals surface area contributed by atoms with Crippen LogP contribution in [-0.4, -0.2) is 44.6 Å². The fourth-order valence-electron chi connectivity index (χ4n) is 3.18. The van der Waals surface area contributed by atoms with Crippen molar-refractivity contribution in [1.29, 1.82) is 0 Å². The van der Waals surface area contributed by atoms with E-state index in [0.717, 1.165) is 25.7 Å². The van der Waals surface area contributed by atoms with Crippen molar-refractivity contribution in [3.05, 3.63) is 12.2 Å². The molecule has 9 nitrogen and oxygen atoms in total. The summed E-state index contributed by atoms with van der Waals surface area (Å²) in [5, 5.41) is 16.5. The number of urea groups is 1. The van der Waals surface area contributed by atoms with Crippen LogP contribution in [0.25, 0.3) is 0 Å². The lowest BCUT2D eigenvalue weighted by atomic mass is 9.98. The van der Waals surface area contributed by atoms with Gasteiger partial charge in [0.15, 0.2) is 5.82 Å². The van der Waals surface area contributed by atoms with E-state index in [1.165, 1.54) is 0 Å². The van der Waals surface area contributed by atoms with Crippen molar-refractivity contribution in [2.75, 3.05) is 6.54 Å². The predicted octanol–water partition coefficient (Wildman–Crippen LogP) is 2.01. The van der Waals surface area contributed by atoms with E-state index in [4.69, 9.17) is 4.74 Å². The number of carbonyl (C=O) groups excluding carboxylic acids is 2. The molecule has 26 heavy (non-hydrogen) atoms. The van der Waals surface area contributed by atoms with Gasteiger partial charge in [0.05, 0.1) is 11.6 Å². The molecule has 2 rings (SSSR count). The second kappa shape index (κ2) is 7.92. The predicted molar refractivity (Wildman–Crippen MR) is 96.5 cm³/mol.